The molecule has 1 N–H and O–H groups in total. The highest BCUT2D eigenvalue weighted by atomic mass is 32.1. The Morgan fingerprint density at radius 1 is 1.44 bits per heavy atom. The summed E-state index contributed by atoms with van der Waals surface area (Å²) in [6, 6.07) is 11.7. The van der Waals surface area contributed by atoms with Gasteiger partial charge >= 0.3 is 0 Å². The van der Waals surface area contributed by atoms with Crippen LogP contribution >= 0.6 is 11.3 Å². The van der Waals surface area contributed by atoms with Gasteiger partial charge in [0.05, 0.1) is 12.5 Å². The molecule has 1 amide bonds. The van der Waals surface area contributed by atoms with Crippen molar-refractivity contribution in [1.29, 1.82) is 5.26 Å². The van der Waals surface area contributed by atoms with E-state index in [-0.39, 0.29) is 12.3 Å². The molecule has 1 aromatic heterocycles. The Hall–Kier alpha value is -2.19. The SMILES string of the molecule is CC(=O)Nc1sc(CC#N)nc1-c1ccccc1. The van der Waals surface area contributed by atoms with Crippen LogP contribution in [0.5, 0.6) is 0 Å². The molecule has 0 unspecified atom stereocenters. The van der Waals surface area contributed by atoms with Gasteiger partial charge in [-0.1, -0.05) is 41.7 Å². The lowest BCUT2D eigenvalue weighted by Gasteiger charge is -2.01. The zero-order valence-electron chi connectivity index (χ0n) is 9.80. The van der Waals surface area contributed by atoms with Crippen LogP contribution < -0.4 is 5.32 Å². The first-order valence-corrected chi connectivity index (χ1v) is 6.22. The van der Waals surface area contributed by atoms with Crippen molar-refractivity contribution >= 4 is 22.2 Å². The van der Waals surface area contributed by atoms with Crippen LogP contribution in [-0.4, -0.2) is 10.9 Å². The molecule has 0 aliphatic heterocycles. The van der Waals surface area contributed by atoms with Crippen LogP contribution in [0, 0.1) is 11.3 Å². The van der Waals surface area contributed by atoms with Gasteiger partial charge in [0.25, 0.3) is 0 Å². The molecule has 0 bridgehead atoms. The van der Waals surface area contributed by atoms with Gasteiger partial charge in [0.2, 0.25) is 5.91 Å². The maximum Gasteiger partial charge on any atom is 0.221 e. The predicted octanol–water partition coefficient (Wildman–Crippen LogP) is 2.83. The van der Waals surface area contributed by atoms with Crippen molar-refractivity contribution < 1.29 is 4.79 Å². The van der Waals surface area contributed by atoms with Crippen LogP contribution in [0.25, 0.3) is 11.3 Å². The highest BCUT2D eigenvalue weighted by Crippen LogP contribution is 2.33. The Labute approximate surface area is 109 Å². The number of carbonyl (C=O) groups is 1. The smallest absolute Gasteiger partial charge is 0.221 e. The minimum absolute atomic E-state index is 0.140. The molecule has 0 spiro atoms. The lowest BCUT2D eigenvalue weighted by atomic mass is 10.2. The summed E-state index contributed by atoms with van der Waals surface area (Å²) in [5.41, 5.74) is 1.66. The van der Waals surface area contributed by atoms with E-state index in [1.165, 1.54) is 18.3 Å². The normalized spacial score (nSPS) is 9.78. The molecule has 0 atom stereocenters. The van der Waals surface area contributed by atoms with Crippen molar-refractivity contribution in [3.8, 4) is 17.3 Å². The number of hydrogen-bond acceptors (Lipinski definition) is 4. The Bertz CT molecular complexity index is 598. The number of carbonyl (C=O) groups excluding carboxylic acids is 1. The average Bonchev–Trinajstić information content (AvgIpc) is 2.73. The second kappa shape index (κ2) is 5.43. The number of nitrogens with one attached hydrogen (secondary N) is 1. The summed E-state index contributed by atoms with van der Waals surface area (Å²) in [6.07, 6.45) is 0.254. The molecular formula is C13H11N3OS. The lowest BCUT2D eigenvalue weighted by molar-refractivity contribution is -0.114. The molecule has 0 saturated heterocycles. The molecule has 18 heavy (non-hydrogen) atoms. The van der Waals surface area contributed by atoms with Crippen molar-refractivity contribution in [2.45, 2.75) is 13.3 Å². The number of nitrogens with zero attached hydrogens (tertiary/aromatic N) is 2. The zero-order chi connectivity index (χ0) is 13.0. The van der Waals surface area contributed by atoms with E-state index in [0.29, 0.717) is 10.0 Å². The van der Waals surface area contributed by atoms with Crippen LogP contribution in [0.2, 0.25) is 0 Å². The second-order valence-electron chi connectivity index (χ2n) is 3.67. The van der Waals surface area contributed by atoms with Gasteiger partial charge in [-0.2, -0.15) is 5.26 Å². The van der Waals surface area contributed by atoms with E-state index >= 15 is 0 Å². The lowest BCUT2D eigenvalue weighted by Crippen LogP contribution is -2.05. The number of hydrogen-bond donors (Lipinski definition) is 1. The van der Waals surface area contributed by atoms with Crippen molar-refractivity contribution in [3.05, 3.63) is 35.3 Å². The van der Waals surface area contributed by atoms with Gasteiger partial charge in [-0.15, -0.1) is 0 Å². The Balaban J connectivity index is 2.44. The Morgan fingerprint density at radius 3 is 2.78 bits per heavy atom. The van der Waals surface area contributed by atoms with Crippen LogP contribution in [0.4, 0.5) is 5.00 Å². The number of aromatic nitrogens is 1. The Kier molecular flexibility index (Phi) is 3.70. The third-order valence-corrected chi connectivity index (χ3v) is 3.21. The quantitative estimate of drug-likeness (QED) is 0.919. The molecule has 2 rings (SSSR count). The summed E-state index contributed by atoms with van der Waals surface area (Å²) in [5.74, 6) is -0.140. The highest BCUT2D eigenvalue weighted by Gasteiger charge is 2.13. The molecule has 0 fully saturated rings. The van der Waals surface area contributed by atoms with Gasteiger partial charge in [0, 0.05) is 12.5 Å². The first-order valence-electron chi connectivity index (χ1n) is 5.40. The summed E-state index contributed by atoms with van der Waals surface area (Å²) in [7, 11) is 0. The van der Waals surface area contributed by atoms with Gasteiger partial charge < -0.3 is 5.32 Å². The summed E-state index contributed by atoms with van der Waals surface area (Å²) >= 11 is 1.34. The monoisotopic (exact) mass is 257 g/mol. The van der Waals surface area contributed by atoms with E-state index in [0.717, 1.165) is 11.3 Å². The fraction of sp³-hybridized carbons (Fsp3) is 0.154. The fourth-order valence-electron chi connectivity index (χ4n) is 1.54. The van der Waals surface area contributed by atoms with Crippen molar-refractivity contribution in [3.63, 3.8) is 0 Å². The molecule has 2 aromatic rings. The van der Waals surface area contributed by atoms with Crippen molar-refractivity contribution in [2.24, 2.45) is 0 Å². The molecule has 0 saturated carbocycles. The minimum Gasteiger partial charge on any atom is -0.316 e. The van der Waals surface area contributed by atoms with Crippen molar-refractivity contribution in [2.75, 3.05) is 5.32 Å². The topological polar surface area (TPSA) is 65.8 Å². The van der Waals surface area contributed by atoms with Gasteiger partial charge in [0.15, 0.2) is 0 Å². The Morgan fingerprint density at radius 2 is 2.17 bits per heavy atom. The van der Waals surface area contributed by atoms with E-state index in [4.69, 9.17) is 5.26 Å². The molecule has 1 heterocycles. The van der Waals surface area contributed by atoms with Gasteiger partial charge in [-0.3, -0.25) is 4.79 Å². The van der Waals surface area contributed by atoms with Crippen LogP contribution in [0.1, 0.15) is 11.9 Å². The maximum absolute atomic E-state index is 11.2. The van der Waals surface area contributed by atoms with Crippen LogP contribution in [0.15, 0.2) is 30.3 Å². The summed E-state index contributed by atoms with van der Waals surface area (Å²) in [4.78, 5) is 15.6. The fourth-order valence-corrected chi connectivity index (χ4v) is 2.51. The van der Waals surface area contributed by atoms with Crippen LogP contribution in [-0.2, 0) is 11.2 Å². The second-order valence-corrected chi connectivity index (χ2v) is 4.75. The molecular weight excluding hydrogens is 246 g/mol. The van der Waals surface area contributed by atoms with Crippen LogP contribution in [0.3, 0.4) is 0 Å². The van der Waals surface area contributed by atoms with E-state index in [1.807, 2.05) is 30.3 Å². The first-order chi connectivity index (χ1) is 8.70. The van der Waals surface area contributed by atoms with Gasteiger partial charge in [-0.25, -0.2) is 4.98 Å². The van der Waals surface area contributed by atoms with E-state index in [9.17, 15) is 4.79 Å². The van der Waals surface area contributed by atoms with E-state index in [2.05, 4.69) is 16.4 Å². The molecule has 0 aliphatic rings. The average molecular weight is 257 g/mol. The number of nitriles is 1. The molecule has 1 aromatic carbocycles. The molecule has 0 radical (unpaired) electrons. The summed E-state index contributed by atoms with van der Waals surface area (Å²) in [6.45, 7) is 1.46. The molecule has 90 valence electrons. The first kappa shape index (κ1) is 12.3. The minimum atomic E-state index is -0.140. The highest BCUT2D eigenvalue weighted by molar-refractivity contribution is 7.16. The predicted molar refractivity (Wildman–Crippen MR) is 71.2 cm³/mol. The largest absolute Gasteiger partial charge is 0.316 e. The zero-order valence-corrected chi connectivity index (χ0v) is 10.6. The standard InChI is InChI=1S/C13H11N3OS/c1-9(17)15-13-12(10-5-3-2-4-6-10)16-11(18-13)7-8-14/h2-6H,7H2,1H3,(H,15,17). The third-order valence-electron chi connectivity index (χ3n) is 2.24. The summed E-state index contributed by atoms with van der Waals surface area (Å²) in [5, 5.41) is 12.9. The molecule has 5 heteroatoms. The number of amides is 1. The van der Waals surface area contributed by atoms with Gasteiger partial charge in [0.1, 0.15) is 15.7 Å². The van der Waals surface area contributed by atoms with Crippen molar-refractivity contribution in [1.82, 2.24) is 4.98 Å². The molecule has 4 nitrogen and oxygen atoms in total. The molecule has 0 aliphatic carbocycles. The number of anilines is 1. The number of rotatable bonds is 3. The third kappa shape index (κ3) is 2.73. The van der Waals surface area contributed by atoms with E-state index < -0.39 is 0 Å². The van der Waals surface area contributed by atoms with E-state index in [1.54, 1.807) is 0 Å². The van der Waals surface area contributed by atoms with Gasteiger partial charge in [-0.05, 0) is 0 Å². The maximum atomic E-state index is 11.2. The number of thiazole rings is 1. The summed E-state index contributed by atoms with van der Waals surface area (Å²) < 4.78 is 0. The number of benzene rings is 1.